The molecule has 2 aromatic rings. The Balaban J connectivity index is 1.91. The van der Waals surface area contributed by atoms with Crippen molar-refractivity contribution >= 4 is 46.6 Å². The third-order valence-electron chi connectivity index (χ3n) is 3.92. The zero-order valence-corrected chi connectivity index (χ0v) is 15.6. The number of hydrogen-bond acceptors (Lipinski definition) is 5. The Labute approximate surface area is 159 Å². The fourth-order valence-corrected chi connectivity index (χ4v) is 3.59. The molecule has 0 bridgehead atoms. The Hall–Kier alpha value is -2.51. The molecule has 134 valence electrons. The molecule has 8 heteroatoms. The second-order valence-corrected chi connectivity index (χ2v) is 6.96. The summed E-state index contributed by atoms with van der Waals surface area (Å²) in [5.41, 5.74) is 1.59. The van der Waals surface area contributed by atoms with E-state index in [0.29, 0.717) is 5.02 Å². The van der Waals surface area contributed by atoms with Gasteiger partial charge in [-0.25, -0.2) is 4.79 Å². The van der Waals surface area contributed by atoms with E-state index in [9.17, 15) is 14.4 Å². The number of thioether (sulfide) groups is 1. The maximum Gasteiger partial charge on any atom is 0.328 e. The number of methoxy groups -OCH3 is 1. The highest BCUT2D eigenvalue weighted by atomic mass is 35.5. The number of benzene rings is 1. The van der Waals surface area contributed by atoms with Gasteiger partial charge in [0.15, 0.2) is 0 Å². The molecule has 2 amide bonds. The van der Waals surface area contributed by atoms with Crippen LogP contribution in [0.4, 0.5) is 4.79 Å². The summed E-state index contributed by atoms with van der Waals surface area (Å²) in [4.78, 5) is 37.6. The molecule has 26 heavy (non-hydrogen) atoms. The van der Waals surface area contributed by atoms with Crippen LogP contribution in [0, 0.1) is 0 Å². The van der Waals surface area contributed by atoms with E-state index in [1.807, 2.05) is 35.0 Å². The van der Waals surface area contributed by atoms with E-state index in [0.717, 1.165) is 28.0 Å². The van der Waals surface area contributed by atoms with Crippen LogP contribution in [-0.4, -0.2) is 39.7 Å². The highest BCUT2D eigenvalue weighted by Gasteiger charge is 2.41. The van der Waals surface area contributed by atoms with Crippen LogP contribution in [-0.2, 0) is 14.3 Å². The molecule has 0 N–H and O–H groups in total. The molecule has 6 nitrogen and oxygen atoms in total. The zero-order chi connectivity index (χ0) is 18.8. The predicted octanol–water partition coefficient (Wildman–Crippen LogP) is 3.73. The van der Waals surface area contributed by atoms with Crippen LogP contribution in [0.5, 0.6) is 0 Å². The van der Waals surface area contributed by atoms with Gasteiger partial charge in [-0.05, 0) is 61.2 Å². The standard InChI is InChI=1S/C18H15ClN2O4S/c1-11(17(23)25-2)21-16(22)15(26-18(21)24)10-14-4-3-9-20(14)13-7-5-12(19)6-8-13/h3-11H,1-2H3/b15-10+/t11-/m0/s1. The van der Waals surface area contributed by atoms with E-state index in [1.54, 1.807) is 18.2 Å². The maximum atomic E-state index is 12.6. The van der Waals surface area contributed by atoms with Gasteiger partial charge in [-0.15, -0.1) is 0 Å². The van der Waals surface area contributed by atoms with Crippen LogP contribution in [0.1, 0.15) is 12.6 Å². The first-order valence-corrected chi connectivity index (χ1v) is 8.90. The smallest absolute Gasteiger partial charge is 0.328 e. The van der Waals surface area contributed by atoms with Gasteiger partial charge < -0.3 is 9.30 Å². The van der Waals surface area contributed by atoms with Crippen molar-refractivity contribution in [2.75, 3.05) is 7.11 Å². The third kappa shape index (κ3) is 3.40. The minimum absolute atomic E-state index is 0.250. The molecule has 1 aliphatic heterocycles. The topological polar surface area (TPSA) is 68.6 Å². The van der Waals surface area contributed by atoms with Crippen molar-refractivity contribution in [3.05, 3.63) is 58.2 Å². The van der Waals surface area contributed by atoms with Gasteiger partial charge >= 0.3 is 5.97 Å². The number of nitrogens with zero attached hydrogens (tertiary/aromatic N) is 2. The van der Waals surface area contributed by atoms with Crippen molar-refractivity contribution in [1.82, 2.24) is 9.47 Å². The predicted molar refractivity (Wildman–Crippen MR) is 100 cm³/mol. The van der Waals surface area contributed by atoms with Crippen molar-refractivity contribution in [2.24, 2.45) is 0 Å². The minimum atomic E-state index is -0.971. The van der Waals surface area contributed by atoms with Gasteiger partial charge in [-0.1, -0.05) is 11.6 Å². The highest BCUT2D eigenvalue weighted by molar-refractivity contribution is 8.18. The molecule has 1 aromatic carbocycles. The van der Waals surface area contributed by atoms with Gasteiger partial charge in [0.05, 0.1) is 12.0 Å². The first-order chi connectivity index (χ1) is 12.4. The fraction of sp³-hybridized carbons (Fsp3) is 0.167. The molecule has 0 unspecified atom stereocenters. The van der Waals surface area contributed by atoms with E-state index in [1.165, 1.54) is 14.0 Å². The summed E-state index contributed by atoms with van der Waals surface area (Å²) in [5, 5.41) is 0.129. The summed E-state index contributed by atoms with van der Waals surface area (Å²) in [5.74, 6) is -1.15. The van der Waals surface area contributed by atoms with Crippen LogP contribution in [0.15, 0.2) is 47.5 Å². The Bertz CT molecular complexity index is 904. The van der Waals surface area contributed by atoms with Crippen molar-refractivity contribution < 1.29 is 19.1 Å². The molecule has 1 aromatic heterocycles. The lowest BCUT2D eigenvalue weighted by molar-refractivity contribution is -0.148. The number of rotatable bonds is 4. The monoisotopic (exact) mass is 390 g/mol. The fourth-order valence-electron chi connectivity index (χ4n) is 2.57. The van der Waals surface area contributed by atoms with Crippen LogP contribution in [0.2, 0.25) is 5.02 Å². The average molecular weight is 391 g/mol. The lowest BCUT2D eigenvalue weighted by Crippen LogP contribution is -2.42. The van der Waals surface area contributed by atoms with Crippen LogP contribution in [0.25, 0.3) is 11.8 Å². The number of carbonyl (C=O) groups is 3. The number of aromatic nitrogens is 1. The summed E-state index contributed by atoms with van der Waals surface area (Å²) in [6, 6.07) is 9.93. The largest absolute Gasteiger partial charge is 0.467 e. The first kappa shape index (κ1) is 18.3. The lowest BCUT2D eigenvalue weighted by atomic mass is 10.2. The summed E-state index contributed by atoms with van der Waals surface area (Å²) in [6.07, 6.45) is 3.47. The summed E-state index contributed by atoms with van der Waals surface area (Å²) >= 11 is 6.72. The molecular weight excluding hydrogens is 376 g/mol. The molecule has 2 heterocycles. The van der Waals surface area contributed by atoms with Gasteiger partial charge in [0.2, 0.25) is 0 Å². The van der Waals surface area contributed by atoms with Crippen molar-refractivity contribution in [3.63, 3.8) is 0 Å². The van der Waals surface area contributed by atoms with Gasteiger partial charge in [0.25, 0.3) is 11.1 Å². The molecular formula is C18H15ClN2O4S. The Morgan fingerprint density at radius 2 is 1.92 bits per heavy atom. The second-order valence-electron chi connectivity index (χ2n) is 5.53. The van der Waals surface area contributed by atoms with Crippen molar-refractivity contribution in [2.45, 2.75) is 13.0 Å². The third-order valence-corrected chi connectivity index (χ3v) is 5.05. The Morgan fingerprint density at radius 1 is 1.23 bits per heavy atom. The number of imide groups is 1. The molecule has 0 saturated carbocycles. The van der Waals surface area contributed by atoms with Crippen molar-refractivity contribution in [3.8, 4) is 5.69 Å². The average Bonchev–Trinajstić information content (AvgIpc) is 3.19. The SMILES string of the molecule is COC(=O)[C@H](C)N1C(=O)S/C(=C/c2cccn2-c2ccc(Cl)cc2)C1=O. The molecule has 1 saturated heterocycles. The van der Waals surface area contributed by atoms with Crippen LogP contribution >= 0.6 is 23.4 Å². The molecule has 0 radical (unpaired) electrons. The lowest BCUT2D eigenvalue weighted by Gasteiger charge is -2.18. The number of esters is 1. The molecule has 1 fully saturated rings. The number of amides is 2. The summed E-state index contributed by atoms with van der Waals surface area (Å²) in [6.45, 7) is 1.46. The Kier molecular flexibility index (Phi) is 5.20. The number of ether oxygens (including phenoxy) is 1. The first-order valence-electron chi connectivity index (χ1n) is 7.70. The summed E-state index contributed by atoms with van der Waals surface area (Å²) in [7, 11) is 1.22. The van der Waals surface area contributed by atoms with Gasteiger partial charge in [0, 0.05) is 22.6 Å². The zero-order valence-electron chi connectivity index (χ0n) is 14.0. The van der Waals surface area contributed by atoms with Gasteiger partial charge in [-0.2, -0.15) is 0 Å². The molecule has 3 rings (SSSR count). The van der Waals surface area contributed by atoms with E-state index in [-0.39, 0.29) is 4.91 Å². The van der Waals surface area contributed by atoms with E-state index >= 15 is 0 Å². The minimum Gasteiger partial charge on any atom is -0.467 e. The highest BCUT2D eigenvalue weighted by Crippen LogP contribution is 2.34. The second kappa shape index (κ2) is 7.39. The van der Waals surface area contributed by atoms with E-state index in [2.05, 4.69) is 4.74 Å². The number of carbonyl (C=O) groups excluding carboxylic acids is 3. The Morgan fingerprint density at radius 3 is 2.58 bits per heavy atom. The molecule has 1 aliphatic rings. The quantitative estimate of drug-likeness (QED) is 0.587. The summed E-state index contributed by atoms with van der Waals surface area (Å²) < 4.78 is 6.49. The molecule has 1 atom stereocenters. The normalized spacial score (nSPS) is 17.0. The van der Waals surface area contributed by atoms with E-state index in [4.69, 9.17) is 11.6 Å². The van der Waals surface area contributed by atoms with E-state index < -0.39 is 23.2 Å². The molecule has 0 aliphatic carbocycles. The maximum absolute atomic E-state index is 12.6. The van der Waals surface area contributed by atoms with Crippen LogP contribution < -0.4 is 0 Å². The van der Waals surface area contributed by atoms with Crippen molar-refractivity contribution in [1.29, 1.82) is 0 Å². The van der Waals surface area contributed by atoms with Crippen LogP contribution in [0.3, 0.4) is 0 Å². The number of halogens is 1. The molecule has 0 spiro atoms. The number of hydrogen-bond donors (Lipinski definition) is 0. The van der Waals surface area contributed by atoms with Gasteiger partial charge in [0.1, 0.15) is 6.04 Å². The van der Waals surface area contributed by atoms with Gasteiger partial charge in [-0.3, -0.25) is 14.5 Å².